The third kappa shape index (κ3) is 9.46. The molecule has 0 aromatic heterocycles. The lowest BCUT2D eigenvalue weighted by molar-refractivity contribution is -0.137. The molecule has 3 heteroatoms. The van der Waals surface area contributed by atoms with Gasteiger partial charge in [0.2, 0.25) is 0 Å². The van der Waals surface area contributed by atoms with Crippen LogP contribution in [0.1, 0.15) is 72.1 Å². The first-order valence-corrected chi connectivity index (χ1v) is 7.59. The smallest absolute Gasteiger partial charge is 0.304 e. The molecule has 0 fully saturated rings. The second kappa shape index (κ2) is 11.5. The van der Waals surface area contributed by atoms with Gasteiger partial charge in [0, 0.05) is 6.04 Å². The van der Waals surface area contributed by atoms with Crippen LogP contribution in [-0.2, 0) is 4.79 Å². The Bertz CT molecular complexity index is 207. The molecule has 0 heterocycles. The third-order valence-electron chi connectivity index (χ3n) is 3.59. The Morgan fingerprint density at radius 3 is 2.33 bits per heavy atom. The van der Waals surface area contributed by atoms with Crippen LogP contribution in [0.5, 0.6) is 0 Å². The molecule has 0 aliphatic heterocycles. The van der Waals surface area contributed by atoms with Crippen molar-refractivity contribution in [2.24, 2.45) is 5.92 Å². The van der Waals surface area contributed by atoms with Gasteiger partial charge in [0.05, 0.1) is 6.42 Å². The quantitative estimate of drug-likeness (QED) is 0.558. The maximum absolute atomic E-state index is 10.8. The zero-order valence-electron chi connectivity index (χ0n) is 12.4. The monoisotopic (exact) mass is 257 g/mol. The van der Waals surface area contributed by atoms with Crippen molar-refractivity contribution in [3.63, 3.8) is 0 Å². The van der Waals surface area contributed by atoms with E-state index in [9.17, 15) is 4.79 Å². The van der Waals surface area contributed by atoms with Crippen molar-refractivity contribution >= 4 is 5.97 Å². The number of hydrogen-bond acceptors (Lipinski definition) is 2. The zero-order chi connectivity index (χ0) is 13.8. The molecule has 0 aliphatic carbocycles. The minimum atomic E-state index is -0.691. The highest BCUT2D eigenvalue weighted by atomic mass is 16.4. The summed E-state index contributed by atoms with van der Waals surface area (Å²) in [5.74, 6) is 0.100. The maximum atomic E-state index is 10.8. The van der Waals surface area contributed by atoms with E-state index < -0.39 is 5.97 Å². The molecule has 2 unspecified atom stereocenters. The fraction of sp³-hybridized carbons (Fsp3) is 0.933. The summed E-state index contributed by atoms with van der Waals surface area (Å²) in [5, 5.41) is 12.3. The molecule has 2 N–H and O–H groups in total. The number of carboxylic acid groups (broad SMARTS) is 1. The molecule has 0 bridgehead atoms. The van der Waals surface area contributed by atoms with E-state index in [0.29, 0.717) is 0 Å². The Labute approximate surface area is 112 Å². The standard InChI is InChI=1S/C15H31NO2/c1-4-7-9-14(12-15(17)18)16-11-10-13(6-3)8-5-2/h13-14,16H,4-12H2,1-3H3,(H,17,18). The number of aliphatic carboxylic acids is 1. The number of unbranched alkanes of at least 4 members (excludes halogenated alkanes) is 1. The van der Waals surface area contributed by atoms with Gasteiger partial charge in [-0.1, -0.05) is 52.9 Å². The SMILES string of the molecule is CCCCC(CC(=O)O)NCCC(CC)CCC. The lowest BCUT2D eigenvalue weighted by Gasteiger charge is -2.19. The molecule has 0 aromatic carbocycles. The number of hydrogen-bond donors (Lipinski definition) is 2. The van der Waals surface area contributed by atoms with Crippen LogP contribution in [0.3, 0.4) is 0 Å². The second-order valence-electron chi connectivity index (χ2n) is 5.24. The van der Waals surface area contributed by atoms with E-state index in [1.54, 1.807) is 0 Å². The van der Waals surface area contributed by atoms with E-state index in [1.807, 2.05) is 0 Å². The predicted octanol–water partition coefficient (Wildman–Crippen LogP) is 3.83. The van der Waals surface area contributed by atoms with Gasteiger partial charge in [0.1, 0.15) is 0 Å². The minimum absolute atomic E-state index is 0.154. The van der Waals surface area contributed by atoms with Gasteiger partial charge in [0.25, 0.3) is 0 Å². The molecular weight excluding hydrogens is 226 g/mol. The topological polar surface area (TPSA) is 49.3 Å². The van der Waals surface area contributed by atoms with Crippen LogP contribution in [0.15, 0.2) is 0 Å². The van der Waals surface area contributed by atoms with E-state index in [1.165, 1.54) is 25.7 Å². The van der Waals surface area contributed by atoms with E-state index in [4.69, 9.17) is 5.11 Å². The molecule has 0 radical (unpaired) electrons. The van der Waals surface area contributed by atoms with Crippen molar-refractivity contribution in [2.75, 3.05) is 6.54 Å². The van der Waals surface area contributed by atoms with Crippen LogP contribution in [0.4, 0.5) is 0 Å². The number of nitrogens with one attached hydrogen (secondary N) is 1. The molecule has 0 amide bonds. The minimum Gasteiger partial charge on any atom is -0.481 e. The number of carbonyl (C=O) groups is 1. The number of carboxylic acids is 1. The Balaban J connectivity index is 3.89. The molecule has 108 valence electrons. The van der Waals surface area contributed by atoms with E-state index >= 15 is 0 Å². The maximum Gasteiger partial charge on any atom is 0.304 e. The van der Waals surface area contributed by atoms with Crippen LogP contribution in [0.25, 0.3) is 0 Å². The highest BCUT2D eigenvalue weighted by molar-refractivity contribution is 5.67. The van der Waals surface area contributed by atoms with Crippen molar-refractivity contribution < 1.29 is 9.90 Å². The zero-order valence-corrected chi connectivity index (χ0v) is 12.4. The fourth-order valence-corrected chi connectivity index (χ4v) is 2.39. The van der Waals surface area contributed by atoms with Gasteiger partial charge in [-0.3, -0.25) is 4.79 Å². The summed E-state index contributed by atoms with van der Waals surface area (Å²) < 4.78 is 0. The summed E-state index contributed by atoms with van der Waals surface area (Å²) >= 11 is 0. The summed E-state index contributed by atoms with van der Waals surface area (Å²) in [6.45, 7) is 7.57. The lowest BCUT2D eigenvalue weighted by Crippen LogP contribution is -2.33. The molecule has 0 aliphatic rings. The number of rotatable bonds is 12. The van der Waals surface area contributed by atoms with Crippen LogP contribution in [-0.4, -0.2) is 23.7 Å². The Morgan fingerprint density at radius 2 is 1.83 bits per heavy atom. The first-order chi connectivity index (χ1) is 8.63. The van der Waals surface area contributed by atoms with E-state index in [0.717, 1.165) is 31.7 Å². The molecule has 0 aromatic rings. The van der Waals surface area contributed by atoms with Crippen molar-refractivity contribution in [3.05, 3.63) is 0 Å². The van der Waals surface area contributed by atoms with Gasteiger partial charge in [-0.05, 0) is 25.3 Å². The summed E-state index contributed by atoms with van der Waals surface area (Å²) in [6, 6.07) is 0.154. The normalized spacial score (nSPS) is 14.4. The Morgan fingerprint density at radius 1 is 1.11 bits per heavy atom. The molecule has 0 saturated heterocycles. The fourth-order valence-electron chi connectivity index (χ4n) is 2.39. The third-order valence-corrected chi connectivity index (χ3v) is 3.59. The average molecular weight is 257 g/mol. The second-order valence-corrected chi connectivity index (χ2v) is 5.24. The molecule has 18 heavy (non-hydrogen) atoms. The molecule has 2 atom stereocenters. The van der Waals surface area contributed by atoms with Crippen molar-refractivity contribution in [1.29, 1.82) is 0 Å². The molecular formula is C15H31NO2. The van der Waals surface area contributed by atoms with Gasteiger partial charge < -0.3 is 10.4 Å². The molecule has 0 spiro atoms. The van der Waals surface area contributed by atoms with E-state index in [-0.39, 0.29) is 12.5 Å². The van der Waals surface area contributed by atoms with Crippen molar-refractivity contribution in [1.82, 2.24) is 5.32 Å². The highest BCUT2D eigenvalue weighted by Crippen LogP contribution is 2.14. The summed E-state index contributed by atoms with van der Waals surface area (Å²) in [7, 11) is 0. The van der Waals surface area contributed by atoms with Crippen molar-refractivity contribution in [3.8, 4) is 0 Å². The van der Waals surface area contributed by atoms with Crippen LogP contribution in [0, 0.1) is 5.92 Å². The van der Waals surface area contributed by atoms with Gasteiger partial charge >= 0.3 is 5.97 Å². The lowest BCUT2D eigenvalue weighted by atomic mass is 9.96. The molecule has 0 rings (SSSR count). The first-order valence-electron chi connectivity index (χ1n) is 7.59. The van der Waals surface area contributed by atoms with Crippen LogP contribution >= 0.6 is 0 Å². The predicted molar refractivity (Wildman–Crippen MR) is 76.9 cm³/mol. The molecule has 0 saturated carbocycles. The van der Waals surface area contributed by atoms with Crippen molar-refractivity contribution in [2.45, 2.75) is 78.2 Å². The molecule has 3 nitrogen and oxygen atoms in total. The van der Waals surface area contributed by atoms with Gasteiger partial charge in [0.15, 0.2) is 0 Å². The largest absolute Gasteiger partial charge is 0.481 e. The van der Waals surface area contributed by atoms with E-state index in [2.05, 4.69) is 26.1 Å². The van der Waals surface area contributed by atoms with Gasteiger partial charge in [-0.15, -0.1) is 0 Å². The van der Waals surface area contributed by atoms with Crippen LogP contribution in [0.2, 0.25) is 0 Å². The first kappa shape index (κ1) is 17.4. The Kier molecular flexibility index (Phi) is 11.2. The van der Waals surface area contributed by atoms with Gasteiger partial charge in [-0.25, -0.2) is 0 Å². The highest BCUT2D eigenvalue weighted by Gasteiger charge is 2.13. The average Bonchev–Trinajstić information content (AvgIpc) is 2.33. The summed E-state index contributed by atoms with van der Waals surface area (Å²) in [5.41, 5.74) is 0. The summed E-state index contributed by atoms with van der Waals surface area (Å²) in [4.78, 5) is 10.8. The Hall–Kier alpha value is -0.570. The summed E-state index contributed by atoms with van der Waals surface area (Å²) in [6.07, 6.45) is 8.41. The van der Waals surface area contributed by atoms with Gasteiger partial charge in [-0.2, -0.15) is 0 Å². The van der Waals surface area contributed by atoms with Crippen LogP contribution < -0.4 is 5.32 Å².